The molecule has 0 fully saturated rings. The van der Waals surface area contributed by atoms with Gasteiger partial charge in [-0.1, -0.05) is 0 Å². The second-order valence-corrected chi connectivity index (χ2v) is 5.38. The molecule has 2 aromatic rings. The summed E-state index contributed by atoms with van der Waals surface area (Å²) in [5.41, 5.74) is 2.26. The lowest BCUT2D eigenvalue weighted by molar-refractivity contribution is 0.905. The van der Waals surface area contributed by atoms with E-state index >= 15 is 0 Å². The standard InChI is InChI=1S/C13H16N2S/c1-9-6-12(8-14-7-9)15-11(3)13-5-4-10(2)16-13/h4-8,11,15H,1-3H3. The van der Waals surface area contributed by atoms with Crippen molar-refractivity contribution in [3.63, 3.8) is 0 Å². The molecule has 2 rings (SSSR count). The van der Waals surface area contributed by atoms with E-state index in [4.69, 9.17) is 0 Å². The Balaban J connectivity index is 2.10. The average molecular weight is 232 g/mol. The topological polar surface area (TPSA) is 24.9 Å². The molecule has 0 aliphatic rings. The van der Waals surface area contributed by atoms with Crippen LogP contribution in [0.15, 0.2) is 30.6 Å². The van der Waals surface area contributed by atoms with E-state index in [1.54, 1.807) is 0 Å². The molecule has 1 unspecified atom stereocenters. The molecule has 0 amide bonds. The van der Waals surface area contributed by atoms with E-state index in [1.165, 1.54) is 15.3 Å². The first-order chi connectivity index (χ1) is 7.65. The third-order valence-electron chi connectivity index (χ3n) is 2.45. The lowest BCUT2D eigenvalue weighted by Crippen LogP contribution is -2.05. The van der Waals surface area contributed by atoms with Crippen molar-refractivity contribution in [2.75, 3.05) is 5.32 Å². The number of thiophene rings is 1. The number of aromatic nitrogens is 1. The average Bonchev–Trinajstić information content (AvgIpc) is 2.65. The van der Waals surface area contributed by atoms with Crippen LogP contribution in [0.5, 0.6) is 0 Å². The zero-order valence-corrected chi connectivity index (χ0v) is 10.6. The summed E-state index contributed by atoms with van der Waals surface area (Å²) in [6, 6.07) is 6.79. The van der Waals surface area contributed by atoms with Gasteiger partial charge in [-0.2, -0.15) is 0 Å². The molecule has 2 nitrogen and oxygen atoms in total. The van der Waals surface area contributed by atoms with Gasteiger partial charge in [-0.3, -0.25) is 4.98 Å². The van der Waals surface area contributed by atoms with Crippen molar-refractivity contribution in [1.82, 2.24) is 4.98 Å². The van der Waals surface area contributed by atoms with E-state index in [-0.39, 0.29) is 0 Å². The van der Waals surface area contributed by atoms with Crippen LogP contribution in [-0.2, 0) is 0 Å². The van der Waals surface area contributed by atoms with E-state index in [0.29, 0.717) is 6.04 Å². The fourth-order valence-electron chi connectivity index (χ4n) is 1.64. The number of hydrogen-bond acceptors (Lipinski definition) is 3. The summed E-state index contributed by atoms with van der Waals surface area (Å²) in [7, 11) is 0. The molecule has 0 aromatic carbocycles. The van der Waals surface area contributed by atoms with Crippen LogP contribution >= 0.6 is 11.3 Å². The molecule has 0 aliphatic carbocycles. The van der Waals surface area contributed by atoms with Crippen molar-refractivity contribution >= 4 is 17.0 Å². The van der Waals surface area contributed by atoms with Gasteiger partial charge in [0.15, 0.2) is 0 Å². The monoisotopic (exact) mass is 232 g/mol. The van der Waals surface area contributed by atoms with Crippen LogP contribution in [0, 0.1) is 13.8 Å². The molecule has 0 bridgehead atoms. The Labute approximate surface area is 100 Å². The number of hydrogen-bond donors (Lipinski definition) is 1. The van der Waals surface area contributed by atoms with Crippen molar-refractivity contribution < 1.29 is 0 Å². The molecule has 16 heavy (non-hydrogen) atoms. The van der Waals surface area contributed by atoms with Crippen LogP contribution < -0.4 is 5.32 Å². The Morgan fingerprint density at radius 2 is 2.06 bits per heavy atom. The Kier molecular flexibility index (Phi) is 3.25. The second kappa shape index (κ2) is 4.66. The van der Waals surface area contributed by atoms with E-state index in [2.05, 4.69) is 49.3 Å². The third kappa shape index (κ3) is 2.61. The second-order valence-electron chi connectivity index (χ2n) is 4.07. The van der Waals surface area contributed by atoms with Gasteiger partial charge >= 0.3 is 0 Å². The van der Waals surface area contributed by atoms with Gasteiger partial charge in [0.25, 0.3) is 0 Å². The molecular weight excluding hydrogens is 216 g/mol. The van der Waals surface area contributed by atoms with Crippen molar-refractivity contribution in [3.8, 4) is 0 Å². The smallest absolute Gasteiger partial charge is 0.0579 e. The lowest BCUT2D eigenvalue weighted by atomic mass is 10.2. The van der Waals surface area contributed by atoms with Crippen molar-refractivity contribution in [2.45, 2.75) is 26.8 Å². The number of nitrogens with zero attached hydrogens (tertiary/aromatic N) is 1. The highest BCUT2D eigenvalue weighted by molar-refractivity contribution is 7.12. The highest BCUT2D eigenvalue weighted by atomic mass is 32.1. The molecule has 84 valence electrons. The van der Waals surface area contributed by atoms with E-state index < -0.39 is 0 Å². The molecule has 2 aromatic heterocycles. The fraction of sp³-hybridized carbons (Fsp3) is 0.308. The lowest BCUT2D eigenvalue weighted by Gasteiger charge is -2.13. The van der Waals surface area contributed by atoms with E-state index in [1.807, 2.05) is 23.7 Å². The van der Waals surface area contributed by atoms with Gasteiger partial charge in [0.1, 0.15) is 0 Å². The summed E-state index contributed by atoms with van der Waals surface area (Å²) >= 11 is 1.84. The molecular formula is C13H16N2S. The Morgan fingerprint density at radius 1 is 1.25 bits per heavy atom. The van der Waals surface area contributed by atoms with Gasteiger partial charge < -0.3 is 5.32 Å². The maximum Gasteiger partial charge on any atom is 0.0579 e. The first-order valence-corrected chi connectivity index (χ1v) is 6.21. The molecule has 3 heteroatoms. The molecule has 0 spiro atoms. The minimum Gasteiger partial charge on any atom is -0.376 e. The Bertz CT molecular complexity index is 476. The molecule has 0 saturated heterocycles. The molecule has 0 aliphatic heterocycles. The van der Waals surface area contributed by atoms with Crippen LogP contribution in [-0.4, -0.2) is 4.98 Å². The number of anilines is 1. The van der Waals surface area contributed by atoms with Crippen molar-refractivity contribution in [1.29, 1.82) is 0 Å². The van der Waals surface area contributed by atoms with Crippen LogP contribution in [0.4, 0.5) is 5.69 Å². The Hall–Kier alpha value is -1.35. The predicted octanol–water partition coefficient (Wildman–Crippen LogP) is 3.93. The van der Waals surface area contributed by atoms with Gasteiger partial charge in [0.2, 0.25) is 0 Å². The molecule has 1 N–H and O–H groups in total. The van der Waals surface area contributed by atoms with Crippen molar-refractivity contribution in [3.05, 3.63) is 45.9 Å². The minimum atomic E-state index is 0.335. The minimum absolute atomic E-state index is 0.335. The quantitative estimate of drug-likeness (QED) is 0.867. The SMILES string of the molecule is Cc1cncc(NC(C)c2ccc(C)s2)c1. The Morgan fingerprint density at radius 3 is 2.69 bits per heavy atom. The summed E-state index contributed by atoms with van der Waals surface area (Å²) in [6.45, 7) is 6.36. The predicted molar refractivity (Wildman–Crippen MR) is 70.1 cm³/mol. The van der Waals surface area contributed by atoms with Gasteiger partial charge in [-0.15, -0.1) is 11.3 Å². The highest BCUT2D eigenvalue weighted by Crippen LogP contribution is 2.25. The first-order valence-electron chi connectivity index (χ1n) is 5.39. The number of nitrogens with one attached hydrogen (secondary N) is 1. The number of rotatable bonds is 3. The first kappa shape index (κ1) is 11.1. The van der Waals surface area contributed by atoms with Crippen molar-refractivity contribution in [2.24, 2.45) is 0 Å². The molecule has 0 saturated carbocycles. The zero-order chi connectivity index (χ0) is 11.5. The summed E-state index contributed by atoms with van der Waals surface area (Å²) < 4.78 is 0. The maximum atomic E-state index is 4.18. The van der Waals surface area contributed by atoms with Gasteiger partial charge in [-0.05, 0) is 44.5 Å². The third-order valence-corrected chi connectivity index (χ3v) is 3.63. The summed E-state index contributed by atoms with van der Waals surface area (Å²) in [4.78, 5) is 6.89. The summed E-state index contributed by atoms with van der Waals surface area (Å²) in [6.07, 6.45) is 3.73. The summed E-state index contributed by atoms with van der Waals surface area (Å²) in [5.74, 6) is 0. The molecule has 1 atom stereocenters. The molecule has 2 heterocycles. The highest BCUT2D eigenvalue weighted by Gasteiger charge is 2.07. The van der Waals surface area contributed by atoms with Gasteiger partial charge in [-0.25, -0.2) is 0 Å². The van der Waals surface area contributed by atoms with Gasteiger partial charge in [0.05, 0.1) is 11.7 Å². The van der Waals surface area contributed by atoms with Gasteiger partial charge in [0, 0.05) is 22.1 Å². The number of aryl methyl sites for hydroxylation is 2. The largest absolute Gasteiger partial charge is 0.376 e. The maximum absolute atomic E-state index is 4.18. The van der Waals surface area contributed by atoms with Crippen LogP contribution in [0.3, 0.4) is 0 Å². The normalized spacial score (nSPS) is 12.4. The van der Waals surface area contributed by atoms with Crippen LogP contribution in [0.25, 0.3) is 0 Å². The summed E-state index contributed by atoms with van der Waals surface area (Å²) in [5, 5.41) is 3.46. The fourth-order valence-corrected chi connectivity index (χ4v) is 2.52. The van der Waals surface area contributed by atoms with Crippen LogP contribution in [0.1, 0.15) is 28.3 Å². The van der Waals surface area contributed by atoms with E-state index in [0.717, 1.165) is 5.69 Å². The zero-order valence-electron chi connectivity index (χ0n) is 9.82. The van der Waals surface area contributed by atoms with E-state index in [9.17, 15) is 0 Å². The van der Waals surface area contributed by atoms with Crippen LogP contribution in [0.2, 0.25) is 0 Å². The molecule has 0 radical (unpaired) electrons. The number of pyridine rings is 1.